The van der Waals surface area contributed by atoms with E-state index in [1.165, 1.54) is 5.56 Å². The highest BCUT2D eigenvalue weighted by Crippen LogP contribution is 2.13. The zero-order chi connectivity index (χ0) is 19.4. The van der Waals surface area contributed by atoms with Crippen molar-refractivity contribution in [2.75, 3.05) is 26.2 Å². The van der Waals surface area contributed by atoms with E-state index >= 15 is 0 Å². The van der Waals surface area contributed by atoms with Gasteiger partial charge in [-0.15, -0.1) is 0 Å². The number of benzene rings is 1. The van der Waals surface area contributed by atoms with Crippen LogP contribution in [0.4, 0.5) is 0 Å². The second kappa shape index (κ2) is 8.45. The first-order valence-electron chi connectivity index (χ1n) is 9.16. The van der Waals surface area contributed by atoms with Crippen molar-refractivity contribution in [2.24, 2.45) is 7.05 Å². The fraction of sp³-hybridized carbons (Fsp3) is 0.450. The van der Waals surface area contributed by atoms with Crippen molar-refractivity contribution in [2.45, 2.75) is 26.5 Å². The fourth-order valence-electron chi connectivity index (χ4n) is 3.39. The first-order valence-corrected chi connectivity index (χ1v) is 9.16. The first-order chi connectivity index (χ1) is 13.0. The second-order valence-electron chi connectivity index (χ2n) is 6.92. The number of morpholine rings is 1. The third-order valence-electron chi connectivity index (χ3n) is 4.90. The van der Waals surface area contributed by atoms with Crippen LogP contribution in [0.2, 0.25) is 0 Å². The molecule has 1 saturated heterocycles. The van der Waals surface area contributed by atoms with E-state index in [-0.39, 0.29) is 6.10 Å². The number of carbonyl (C=O) groups is 2. The standard InChI is InChI=1S/C20H26N4O3/c1-14-18(15(2)23(3)22-14)19(25)20(26)21-11-17-13-24(9-10-27-17)12-16-7-5-4-6-8-16/h4-8,17H,9-13H2,1-3H3,(H,21,26). The number of carbonyl (C=O) groups excluding carboxylic acids is 2. The molecular formula is C20H26N4O3. The SMILES string of the molecule is Cc1nn(C)c(C)c1C(=O)C(=O)NCC1CN(Cc2ccccc2)CCO1. The zero-order valence-corrected chi connectivity index (χ0v) is 16.1. The molecule has 27 heavy (non-hydrogen) atoms. The van der Waals surface area contributed by atoms with Crippen LogP contribution in [0.5, 0.6) is 0 Å². The molecule has 0 spiro atoms. The summed E-state index contributed by atoms with van der Waals surface area (Å²) in [6, 6.07) is 10.3. The molecular weight excluding hydrogens is 344 g/mol. The molecule has 1 atom stereocenters. The lowest BCUT2D eigenvalue weighted by molar-refractivity contribution is -0.118. The quantitative estimate of drug-likeness (QED) is 0.612. The van der Waals surface area contributed by atoms with Gasteiger partial charge in [0.1, 0.15) is 0 Å². The molecule has 3 rings (SSSR count). The summed E-state index contributed by atoms with van der Waals surface area (Å²) in [6.07, 6.45) is -0.129. The summed E-state index contributed by atoms with van der Waals surface area (Å²) in [5.41, 5.74) is 2.89. The maximum absolute atomic E-state index is 12.5. The van der Waals surface area contributed by atoms with Gasteiger partial charge in [-0.3, -0.25) is 19.2 Å². The molecule has 1 aromatic heterocycles. The van der Waals surface area contributed by atoms with E-state index in [9.17, 15) is 9.59 Å². The average molecular weight is 370 g/mol. The van der Waals surface area contributed by atoms with Gasteiger partial charge in [-0.1, -0.05) is 30.3 Å². The molecule has 1 aliphatic heterocycles. The molecule has 1 unspecified atom stereocenters. The minimum atomic E-state index is -0.613. The Morgan fingerprint density at radius 3 is 2.67 bits per heavy atom. The van der Waals surface area contributed by atoms with Crippen LogP contribution >= 0.6 is 0 Å². The highest BCUT2D eigenvalue weighted by Gasteiger charge is 2.26. The van der Waals surface area contributed by atoms with Gasteiger partial charge >= 0.3 is 0 Å². The predicted molar refractivity (Wildman–Crippen MR) is 101 cm³/mol. The molecule has 2 heterocycles. The number of nitrogens with one attached hydrogen (secondary N) is 1. The van der Waals surface area contributed by atoms with Gasteiger partial charge in [0.05, 0.1) is 24.0 Å². The maximum Gasteiger partial charge on any atom is 0.292 e. The normalized spacial score (nSPS) is 17.7. The molecule has 0 radical (unpaired) electrons. The summed E-state index contributed by atoms with van der Waals surface area (Å²) in [4.78, 5) is 27.1. The van der Waals surface area contributed by atoms with Crippen molar-refractivity contribution in [1.29, 1.82) is 0 Å². The van der Waals surface area contributed by atoms with E-state index in [2.05, 4.69) is 27.4 Å². The lowest BCUT2D eigenvalue weighted by atomic mass is 10.1. The molecule has 1 amide bonds. The van der Waals surface area contributed by atoms with Gasteiger partial charge < -0.3 is 10.1 Å². The van der Waals surface area contributed by atoms with Crippen molar-refractivity contribution < 1.29 is 14.3 Å². The molecule has 0 aliphatic carbocycles. The Morgan fingerprint density at radius 1 is 1.26 bits per heavy atom. The number of aromatic nitrogens is 2. The Kier molecular flexibility index (Phi) is 6.03. The Bertz CT molecular complexity index is 816. The number of hydrogen-bond donors (Lipinski definition) is 1. The van der Waals surface area contributed by atoms with Gasteiger partial charge in [0, 0.05) is 38.9 Å². The van der Waals surface area contributed by atoms with Crippen molar-refractivity contribution in [3.8, 4) is 0 Å². The van der Waals surface area contributed by atoms with Gasteiger partial charge in [0.2, 0.25) is 0 Å². The summed E-state index contributed by atoms with van der Waals surface area (Å²) in [7, 11) is 1.76. The van der Waals surface area contributed by atoms with E-state index in [1.807, 2.05) is 18.2 Å². The lowest BCUT2D eigenvalue weighted by Gasteiger charge is -2.33. The van der Waals surface area contributed by atoms with Crippen molar-refractivity contribution in [3.05, 3.63) is 52.8 Å². The molecule has 0 bridgehead atoms. The van der Waals surface area contributed by atoms with Gasteiger partial charge in [0.25, 0.3) is 11.7 Å². The average Bonchev–Trinajstić information content (AvgIpc) is 2.92. The molecule has 2 aromatic rings. The number of Topliss-reactive ketones (excluding diaryl/α,β-unsaturated/α-hetero) is 1. The van der Waals surface area contributed by atoms with E-state index in [4.69, 9.17) is 4.74 Å². The Labute approximate surface area is 159 Å². The molecule has 144 valence electrons. The lowest BCUT2D eigenvalue weighted by Crippen LogP contribution is -2.48. The van der Waals surface area contributed by atoms with Crippen LogP contribution in [0.25, 0.3) is 0 Å². The predicted octanol–water partition coefficient (Wildman–Crippen LogP) is 1.24. The number of rotatable bonds is 6. The number of hydrogen-bond acceptors (Lipinski definition) is 5. The summed E-state index contributed by atoms with van der Waals surface area (Å²) in [5, 5.41) is 6.92. The van der Waals surface area contributed by atoms with Crippen LogP contribution in [0, 0.1) is 13.8 Å². The zero-order valence-electron chi connectivity index (χ0n) is 16.1. The summed E-state index contributed by atoms with van der Waals surface area (Å²) in [5.74, 6) is -1.16. The summed E-state index contributed by atoms with van der Waals surface area (Å²) in [6.45, 7) is 6.87. The molecule has 1 fully saturated rings. The van der Waals surface area contributed by atoms with E-state index < -0.39 is 11.7 Å². The summed E-state index contributed by atoms with van der Waals surface area (Å²) < 4.78 is 7.36. The third kappa shape index (κ3) is 4.61. The Hall–Kier alpha value is -2.51. The topological polar surface area (TPSA) is 76.5 Å². The molecule has 7 heteroatoms. The molecule has 1 N–H and O–H groups in total. The van der Waals surface area contributed by atoms with Crippen molar-refractivity contribution in [1.82, 2.24) is 20.0 Å². The first kappa shape index (κ1) is 19.3. The smallest absolute Gasteiger partial charge is 0.292 e. The van der Waals surface area contributed by atoms with Gasteiger partial charge in [-0.2, -0.15) is 5.10 Å². The monoisotopic (exact) mass is 370 g/mol. The second-order valence-corrected chi connectivity index (χ2v) is 6.92. The summed E-state index contributed by atoms with van der Waals surface area (Å²) >= 11 is 0. The molecule has 7 nitrogen and oxygen atoms in total. The Balaban J connectivity index is 1.53. The number of amides is 1. The van der Waals surface area contributed by atoms with Crippen LogP contribution in [-0.2, 0) is 23.1 Å². The maximum atomic E-state index is 12.5. The van der Waals surface area contributed by atoms with Crippen molar-refractivity contribution in [3.63, 3.8) is 0 Å². The van der Waals surface area contributed by atoms with Crippen LogP contribution in [0.15, 0.2) is 30.3 Å². The molecule has 0 saturated carbocycles. The number of aryl methyl sites for hydroxylation is 2. The highest BCUT2D eigenvalue weighted by atomic mass is 16.5. The van der Waals surface area contributed by atoms with Gasteiger partial charge in [-0.05, 0) is 19.4 Å². The highest BCUT2D eigenvalue weighted by molar-refractivity contribution is 6.43. The number of nitrogens with zero attached hydrogens (tertiary/aromatic N) is 3. The minimum absolute atomic E-state index is 0.129. The van der Waals surface area contributed by atoms with Gasteiger partial charge in [0.15, 0.2) is 0 Å². The van der Waals surface area contributed by atoms with Crippen LogP contribution in [0.1, 0.15) is 27.3 Å². The molecule has 1 aliphatic rings. The number of ether oxygens (including phenoxy) is 1. The van der Waals surface area contributed by atoms with E-state index in [0.29, 0.717) is 36.6 Å². The Morgan fingerprint density at radius 2 is 2.00 bits per heavy atom. The third-order valence-corrected chi connectivity index (χ3v) is 4.90. The largest absolute Gasteiger partial charge is 0.374 e. The number of ketones is 1. The van der Waals surface area contributed by atoms with Crippen LogP contribution < -0.4 is 5.32 Å². The van der Waals surface area contributed by atoms with Crippen molar-refractivity contribution >= 4 is 11.7 Å². The van der Waals surface area contributed by atoms with E-state index in [1.54, 1.807) is 25.6 Å². The van der Waals surface area contributed by atoms with Gasteiger partial charge in [-0.25, -0.2) is 0 Å². The van der Waals surface area contributed by atoms with Crippen LogP contribution in [-0.4, -0.2) is 58.7 Å². The van der Waals surface area contributed by atoms with E-state index in [0.717, 1.165) is 13.1 Å². The minimum Gasteiger partial charge on any atom is -0.374 e. The fourth-order valence-corrected chi connectivity index (χ4v) is 3.39. The molecule has 1 aromatic carbocycles. The van der Waals surface area contributed by atoms with Crippen LogP contribution in [0.3, 0.4) is 0 Å².